The molecule has 4 N–H and O–H groups in total. The molecule has 47 heavy (non-hydrogen) atoms. The maximum Gasteiger partial charge on any atom is 0.289 e. The van der Waals surface area contributed by atoms with Gasteiger partial charge in [0.25, 0.3) is 11.8 Å². The zero-order valence-corrected chi connectivity index (χ0v) is 28.8. The van der Waals surface area contributed by atoms with Gasteiger partial charge in [0.15, 0.2) is 0 Å². The second-order valence-electron chi connectivity index (χ2n) is 14.0. The summed E-state index contributed by atoms with van der Waals surface area (Å²) >= 11 is 0. The maximum absolute atomic E-state index is 14.4. The molecule has 13 heteroatoms. The number of Topliss-reactive ketones (excluding diaryl/α,β-unsaturated/α-hetero) is 1. The molecule has 2 heterocycles. The smallest absolute Gasteiger partial charge is 0.289 e. The summed E-state index contributed by atoms with van der Waals surface area (Å²) in [6.07, 6.45) is 10.1. The van der Waals surface area contributed by atoms with Crippen molar-refractivity contribution in [2.75, 3.05) is 6.54 Å². The number of hydrogen-bond donors (Lipinski definition) is 4. The van der Waals surface area contributed by atoms with Crippen LogP contribution in [0.4, 0.5) is 0 Å². The first-order valence-corrected chi connectivity index (χ1v) is 16.6. The van der Waals surface area contributed by atoms with Gasteiger partial charge in [-0.25, -0.2) is 4.98 Å². The summed E-state index contributed by atoms with van der Waals surface area (Å²) < 4.78 is 0. The highest BCUT2D eigenvalue weighted by molar-refractivity contribution is 6.38. The van der Waals surface area contributed by atoms with Gasteiger partial charge in [-0.1, -0.05) is 67.0 Å². The Kier molecular flexibility index (Phi) is 12.8. The van der Waals surface area contributed by atoms with Crippen molar-refractivity contribution in [2.45, 2.75) is 111 Å². The van der Waals surface area contributed by atoms with E-state index in [2.05, 4.69) is 31.2 Å². The van der Waals surface area contributed by atoms with Crippen LogP contribution in [0.2, 0.25) is 0 Å². The molecule has 3 rings (SSSR count). The normalized spacial score (nSPS) is 21.3. The Morgan fingerprint density at radius 1 is 0.979 bits per heavy atom. The molecule has 0 radical (unpaired) electrons. The molecule has 1 aliphatic carbocycles. The van der Waals surface area contributed by atoms with Gasteiger partial charge in [-0.2, -0.15) is 0 Å². The van der Waals surface area contributed by atoms with Crippen molar-refractivity contribution < 1.29 is 28.8 Å². The SMILES string of the molecule is CCCC(NC(=O)C1[C@H]2CC=C[C@H]2CN1C(=O)C(NC(=O)[C@H](NC(=O)c1cnccn1)C(C)C)C(C)(C)C)C(=O)C(=O)N[C@@H](C)CC. The summed E-state index contributed by atoms with van der Waals surface area (Å²) in [7, 11) is 0. The average Bonchev–Trinajstić information content (AvgIpc) is 3.62. The van der Waals surface area contributed by atoms with E-state index in [1.165, 1.54) is 23.5 Å². The summed E-state index contributed by atoms with van der Waals surface area (Å²) in [6, 6.07) is -4.17. The summed E-state index contributed by atoms with van der Waals surface area (Å²) in [5, 5.41) is 11.1. The highest BCUT2D eigenvalue weighted by Gasteiger charge is 2.51. The Balaban J connectivity index is 1.85. The van der Waals surface area contributed by atoms with Crippen LogP contribution in [0.5, 0.6) is 0 Å². The molecule has 1 saturated heterocycles. The lowest BCUT2D eigenvalue weighted by molar-refractivity contribution is -0.146. The quantitative estimate of drug-likeness (QED) is 0.174. The highest BCUT2D eigenvalue weighted by atomic mass is 16.2. The standard InChI is InChI=1S/C34H51N7O6/c1-9-12-23(27(42)32(46)37-20(5)10-2)38-31(45)26-22-14-11-13-21(22)18-41(26)33(47)28(34(6,7)8)40-30(44)25(19(3)4)39-29(43)24-17-35-15-16-36-24/h11,13,15-17,19-23,25-26,28H,9-10,12,14,18H2,1-8H3,(H,37,46)(H,38,45)(H,39,43)(H,40,44)/t20-,21-,22-,23?,25+,26?,28?/m0/s1. The van der Waals surface area contributed by atoms with Gasteiger partial charge in [0.2, 0.25) is 23.5 Å². The number of nitrogens with zero attached hydrogens (tertiary/aromatic N) is 3. The number of carbonyl (C=O) groups excluding carboxylic acids is 6. The zero-order valence-electron chi connectivity index (χ0n) is 28.8. The number of nitrogens with one attached hydrogen (secondary N) is 4. The van der Waals surface area contributed by atoms with E-state index in [0.717, 1.165) is 0 Å². The van der Waals surface area contributed by atoms with Crippen molar-refractivity contribution in [2.24, 2.45) is 23.2 Å². The Bertz CT molecular complexity index is 1340. The van der Waals surface area contributed by atoms with Crippen LogP contribution in [-0.2, 0) is 24.0 Å². The van der Waals surface area contributed by atoms with Crippen LogP contribution in [0.15, 0.2) is 30.7 Å². The van der Waals surface area contributed by atoms with Gasteiger partial charge in [-0.15, -0.1) is 0 Å². The number of fused-ring (bicyclic) bond motifs is 1. The molecule has 1 aliphatic heterocycles. The Morgan fingerprint density at radius 3 is 2.26 bits per heavy atom. The van der Waals surface area contributed by atoms with Crippen LogP contribution in [0.25, 0.3) is 0 Å². The number of likely N-dealkylation sites (tertiary alicyclic amines) is 1. The van der Waals surface area contributed by atoms with Crippen molar-refractivity contribution >= 4 is 35.3 Å². The number of hydrogen-bond acceptors (Lipinski definition) is 8. The third-order valence-corrected chi connectivity index (χ3v) is 8.90. The van der Waals surface area contributed by atoms with E-state index in [9.17, 15) is 28.8 Å². The predicted molar refractivity (Wildman–Crippen MR) is 175 cm³/mol. The monoisotopic (exact) mass is 653 g/mol. The topological polar surface area (TPSA) is 180 Å². The molecule has 0 bridgehead atoms. The molecule has 5 amide bonds. The van der Waals surface area contributed by atoms with E-state index in [0.29, 0.717) is 19.3 Å². The molecule has 7 atom stereocenters. The Labute approximate surface area is 277 Å². The molecule has 1 aromatic rings. The highest BCUT2D eigenvalue weighted by Crippen LogP contribution is 2.39. The number of amides is 5. The lowest BCUT2D eigenvalue weighted by Crippen LogP contribution is -2.62. The van der Waals surface area contributed by atoms with E-state index in [1.54, 1.807) is 20.8 Å². The van der Waals surface area contributed by atoms with Gasteiger partial charge >= 0.3 is 0 Å². The van der Waals surface area contributed by atoms with Gasteiger partial charge in [-0.05, 0) is 43.4 Å². The second kappa shape index (κ2) is 16.1. The van der Waals surface area contributed by atoms with Gasteiger partial charge in [-0.3, -0.25) is 33.8 Å². The molecule has 0 spiro atoms. The van der Waals surface area contributed by atoms with E-state index >= 15 is 0 Å². The van der Waals surface area contributed by atoms with Gasteiger partial charge in [0.1, 0.15) is 23.8 Å². The second-order valence-corrected chi connectivity index (χ2v) is 14.0. The molecular formula is C34H51N7O6. The van der Waals surface area contributed by atoms with Crippen LogP contribution in [-0.4, -0.2) is 86.9 Å². The third kappa shape index (κ3) is 9.23. The lowest BCUT2D eigenvalue weighted by Gasteiger charge is -2.37. The van der Waals surface area contributed by atoms with E-state index < -0.39 is 64.9 Å². The summed E-state index contributed by atoms with van der Waals surface area (Å²) in [4.78, 5) is 90.1. The number of aromatic nitrogens is 2. The van der Waals surface area contributed by atoms with Gasteiger partial charge in [0, 0.05) is 30.9 Å². The predicted octanol–water partition coefficient (Wildman–Crippen LogP) is 1.93. The van der Waals surface area contributed by atoms with Crippen LogP contribution in [0.3, 0.4) is 0 Å². The minimum Gasteiger partial charge on any atom is -0.347 e. The van der Waals surface area contributed by atoms with Crippen molar-refractivity contribution in [3.05, 3.63) is 36.4 Å². The van der Waals surface area contributed by atoms with Crippen LogP contribution < -0.4 is 21.3 Å². The molecule has 2 aliphatic rings. The molecule has 1 fully saturated rings. The van der Waals surface area contributed by atoms with Crippen LogP contribution in [0, 0.1) is 23.2 Å². The number of carbonyl (C=O) groups is 6. The van der Waals surface area contributed by atoms with Crippen molar-refractivity contribution in [3.63, 3.8) is 0 Å². The van der Waals surface area contributed by atoms with Gasteiger partial charge in [0.05, 0.1) is 12.2 Å². The number of ketones is 1. The van der Waals surface area contributed by atoms with Crippen LogP contribution in [0.1, 0.15) is 91.6 Å². The largest absolute Gasteiger partial charge is 0.347 e. The third-order valence-electron chi connectivity index (χ3n) is 8.90. The molecule has 258 valence electrons. The van der Waals surface area contributed by atoms with Gasteiger partial charge < -0.3 is 26.2 Å². The Morgan fingerprint density at radius 2 is 1.68 bits per heavy atom. The fourth-order valence-corrected chi connectivity index (χ4v) is 6.00. The lowest BCUT2D eigenvalue weighted by atomic mass is 9.84. The first kappa shape index (κ1) is 37.3. The minimum atomic E-state index is -1.04. The molecule has 0 saturated carbocycles. The summed E-state index contributed by atoms with van der Waals surface area (Å²) in [5.74, 6) is -4.16. The van der Waals surface area contributed by atoms with Crippen molar-refractivity contribution in [1.29, 1.82) is 0 Å². The van der Waals surface area contributed by atoms with Crippen molar-refractivity contribution in [1.82, 2.24) is 36.1 Å². The number of rotatable bonds is 14. The maximum atomic E-state index is 14.4. The minimum absolute atomic E-state index is 0.0529. The van der Waals surface area contributed by atoms with E-state index in [4.69, 9.17) is 0 Å². The van der Waals surface area contributed by atoms with E-state index in [-0.39, 0.29) is 42.5 Å². The van der Waals surface area contributed by atoms with E-state index in [1.807, 2.05) is 46.8 Å². The molecule has 1 aromatic heterocycles. The summed E-state index contributed by atoms with van der Waals surface area (Å²) in [5.41, 5.74) is -0.718. The zero-order chi connectivity index (χ0) is 35.1. The number of allylic oxidation sites excluding steroid dienone is 1. The summed E-state index contributed by atoms with van der Waals surface area (Å²) in [6.45, 7) is 14.8. The first-order chi connectivity index (χ1) is 22.1. The molecule has 3 unspecified atom stereocenters. The fraction of sp³-hybridized carbons (Fsp3) is 0.647. The molecule has 0 aromatic carbocycles. The molecule has 13 nitrogen and oxygen atoms in total. The first-order valence-electron chi connectivity index (χ1n) is 16.6. The van der Waals surface area contributed by atoms with Crippen molar-refractivity contribution in [3.8, 4) is 0 Å². The fourth-order valence-electron chi connectivity index (χ4n) is 6.00. The Hall–Kier alpha value is -4.16. The van der Waals surface area contributed by atoms with Crippen LogP contribution >= 0.6 is 0 Å². The molecular weight excluding hydrogens is 602 g/mol. The average molecular weight is 654 g/mol.